The highest BCUT2D eigenvalue weighted by atomic mass is 16.7. The highest BCUT2D eigenvalue weighted by molar-refractivity contribution is 5.70. The fraction of sp³-hybridized carbons (Fsp3) is 0.672. The molecular weight excluding hydrogens is 839 g/mol. The number of aliphatic carboxylic acids is 1. The number of rotatable bonds is 47. The van der Waals surface area contributed by atoms with Crippen LogP contribution in [0, 0.1) is 0 Å². The van der Waals surface area contributed by atoms with Gasteiger partial charge in [-0.1, -0.05) is 188 Å². The topological polar surface area (TPSA) is 111 Å². The van der Waals surface area contributed by atoms with Gasteiger partial charge in [-0.2, -0.15) is 0 Å². The lowest BCUT2D eigenvalue weighted by Gasteiger charge is -2.26. The van der Waals surface area contributed by atoms with Gasteiger partial charge in [-0.05, 0) is 89.9 Å². The summed E-state index contributed by atoms with van der Waals surface area (Å²) in [5.74, 6) is -2.32. The molecule has 67 heavy (non-hydrogen) atoms. The Kier molecular flexibility index (Phi) is 45.9. The predicted octanol–water partition coefficient (Wildman–Crippen LogP) is 13.7. The van der Waals surface area contributed by atoms with E-state index >= 15 is 0 Å². The second-order valence-electron chi connectivity index (χ2n) is 18.4. The number of carboxylic acids is 1. The minimum Gasteiger partial charge on any atom is -0.545 e. The fourth-order valence-corrected chi connectivity index (χ4v) is 6.75. The summed E-state index contributed by atoms with van der Waals surface area (Å²) >= 11 is 0. The molecule has 0 radical (unpaired) electrons. The van der Waals surface area contributed by atoms with Gasteiger partial charge in [0.15, 0.2) is 12.4 Å². The lowest BCUT2D eigenvalue weighted by molar-refractivity contribution is -0.870. The van der Waals surface area contributed by atoms with Crippen molar-refractivity contribution < 1.29 is 42.9 Å². The molecule has 0 N–H and O–H groups in total. The van der Waals surface area contributed by atoms with Gasteiger partial charge < -0.3 is 33.3 Å². The summed E-state index contributed by atoms with van der Waals surface area (Å²) in [6, 6.07) is 0. The van der Waals surface area contributed by atoms with Crippen LogP contribution in [0.25, 0.3) is 0 Å². The van der Waals surface area contributed by atoms with Crippen molar-refractivity contribution in [2.24, 2.45) is 0 Å². The van der Waals surface area contributed by atoms with Gasteiger partial charge in [-0.25, -0.2) is 0 Å². The molecule has 2 unspecified atom stereocenters. The van der Waals surface area contributed by atoms with E-state index in [1.165, 1.54) is 44.9 Å². The number of carbonyl (C=O) groups excluding carboxylic acids is 3. The first kappa shape index (κ1) is 63.2. The van der Waals surface area contributed by atoms with Gasteiger partial charge in [-0.3, -0.25) is 9.59 Å². The summed E-state index contributed by atoms with van der Waals surface area (Å²) in [5.41, 5.74) is 0. The first-order chi connectivity index (χ1) is 32.6. The van der Waals surface area contributed by atoms with Crippen molar-refractivity contribution >= 4 is 17.9 Å². The Bertz CT molecular complexity index is 1420. The zero-order valence-electron chi connectivity index (χ0n) is 43.2. The number of carboxylic acid groups (broad SMARTS) is 1. The molecule has 0 heterocycles. The number of ether oxygens (including phenoxy) is 4. The van der Waals surface area contributed by atoms with Gasteiger partial charge in [0.25, 0.3) is 0 Å². The molecule has 0 saturated heterocycles. The van der Waals surface area contributed by atoms with Crippen molar-refractivity contribution in [3.05, 3.63) is 97.2 Å². The van der Waals surface area contributed by atoms with Crippen LogP contribution in [0.2, 0.25) is 0 Å². The molecule has 9 nitrogen and oxygen atoms in total. The van der Waals surface area contributed by atoms with Crippen LogP contribution in [0.1, 0.15) is 194 Å². The largest absolute Gasteiger partial charge is 0.545 e. The average molecular weight is 936 g/mol. The second kappa shape index (κ2) is 48.7. The molecule has 0 amide bonds. The van der Waals surface area contributed by atoms with E-state index in [0.29, 0.717) is 17.4 Å². The van der Waals surface area contributed by atoms with Crippen molar-refractivity contribution in [3.63, 3.8) is 0 Å². The van der Waals surface area contributed by atoms with E-state index in [-0.39, 0.29) is 38.6 Å². The maximum absolute atomic E-state index is 12.8. The molecular formula is C58H97NO8. The van der Waals surface area contributed by atoms with Crippen LogP contribution >= 0.6 is 0 Å². The zero-order valence-corrected chi connectivity index (χ0v) is 43.2. The second-order valence-corrected chi connectivity index (χ2v) is 18.4. The van der Waals surface area contributed by atoms with Crippen molar-refractivity contribution in [1.82, 2.24) is 0 Å². The summed E-state index contributed by atoms with van der Waals surface area (Å²) in [6.07, 6.45) is 61.6. The summed E-state index contributed by atoms with van der Waals surface area (Å²) in [4.78, 5) is 37.1. The van der Waals surface area contributed by atoms with Gasteiger partial charge in [0.2, 0.25) is 0 Å². The van der Waals surface area contributed by atoms with E-state index < -0.39 is 24.3 Å². The molecule has 9 heteroatoms. The number of carbonyl (C=O) groups is 3. The first-order valence-corrected chi connectivity index (χ1v) is 26.4. The molecule has 0 bridgehead atoms. The SMILES string of the molecule is CC/C=C\C/C=C\C/C=C\C/C=C\C/C=C\C/C=C\CCCCCCCCCCCCC(=O)OC(COC(=O)CCCCCCC/C=C\C/C=C\CCC)COC(OCC[N+](C)(C)C)C(=O)[O-]. The highest BCUT2D eigenvalue weighted by Crippen LogP contribution is 2.14. The van der Waals surface area contributed by atoms with E-state index in [2.05, 4.69) is 111 Å². The van der Waals surface area contributed by atoms with Gasteiger partial charge >= 0.3 is 11.9 Å². The van der Waals surface area contributed by atoms with Crippen molar-refractivity contribution in [2.45, 2.75) is 206 Å². The molecule has 2 atom stereocenters. The number of quaternary nitrogens is 1. The summed E-state index contributed by atoms with van der Waals surface area (Å²) in [6.45, 7) is 4.52. The number of esters is 2. The quantitative estimate of drug-likeness (QED) is 0.0195. The number of likely N-dealkylation sites (N-methyl/N-ethyl adjacent to an activating group) is 1. The number of hydrogen-bond donors (Lipinski definition) is 0. The molecule has 0 aromatic carbocycles. The molecule has 0 saturated carbocycles. The lowest BCUT2D eigenvalue weighted by Crippen LogP contribution is -2.44. The van der Waals surface area contributed by atoms with Crippen LogP contribution in [0.5, 0.6) is 0 Å². The van der Waals surface area contributed by atoms with Crippen LogP contribution < -0.4 is 5.11 Å². The Balaban J connectivity index is 4.27. The van der Waals surface area contributed by atoms with Crippen LogP contribution in [-0.2, 0) is 33.3 Å². The minimum absolute atomic E-state index is 0.140. The number of allylic oxidation sites excluding steroid dienone is 16. The standard InChI is InChI=1S/C58H97NO8/c1-6-8-10-12-14-16-18-20-21-22-23-24-25-26-27-28-29-30-31-32-33-34-35-37-39-41-43-45-47-49-56(61)67-54(53-66-58(57(62)63)64-51-50-59(3,4)5)52-65-55(60)48-46-44-42-40-38-36-19-17-15-13-11-9-7-2/h8,10-11,13-14,16-17,19-21,23-24,26-27,29-30,54,58H,6-7,9,12,15,18,22,25,28,31-53H2,1-5H3/b10-8-,13-11-,16-14-,19-17-,21-20-,24-23-,27-26-,30-29-. The fourth-order valence-electron chi connectivity index (χ4n) is 6.75. The summed E-state index contributed by atoms with van der Waals surface area (Å²) in [7, 11) is 5.90. The molecule has 382 valence electrons. The van der Waals surface area contributed by atoms with Crippen molar-refractivity contribution in [1.29, 1.82) is 0 Å². The summed E-state index contributed by atoms with van der Waals surface area (Å²) < 4.78 is 22.6. The zero-order chi connectivity index (χ0) is 49.2. The van der Waals surface area contributed by atoms with E-state index in [1.807, 2.05) is 21.1 Å². The van der Waals surface area contributed by atoms with Crippen LogP contribution in [0.4, 0.5) is 0 Å². The monoisotopic (exact) mass is 936 g/mol. The van der Waals surface area contributed by atoms with Crippen LogP contribution in [-0.4, -0.2) is 82.3 Å². The van der Waals surface area contributed by atoms with Gasteiger partial charge in [-0.15, -0.1) is 0 Å². The maximum atomic E-state index is 12.8. The number of nitrogens with zero attached hydrogens (tertiary/aromatic N) is 1. The first-order valence-electron chi connectivity index (χ1n) is 26.4. The molecule has 0 aliphatic carbocycles. The molecule has 0 fully saturated rings. The van der Waals surface area contributed by atoms with Crippen LogP contribution in [0.3, 0.4) is 0 Å². The van der Waals surface area contributed by atoms with Gasteiger partial charge in [0.1, 0.15) is 13.2 Å². The third-order valence-electron chi connectivity index (χ3n) is 10.8. The molecule has 0 rings (SSSR count). The predicted molar refractivity (Wildman–Crippen MR) is 278 cm³/mol. The Morgan fingerprint density at radius 1 is 0.463 bits per heavy atom. The van der Waals surface area contributed by atoms with E-state index in [4.69, 9.17) is 18.9 Å². The Morgan fingerprint density at radius 3 is 1.27 bits per heavy atom. The smallest absolute Gasteiger partial charge is 0.306 e. The Hall–Kier alpha value is -3.79. The maximum Gasteiger partial charge on any atom is 0.306 e. The normalized spacial score (nSPS) is 13.6. The molecule has 0 spiro atoms. The highest BCUT2D eigenvalue weighted by Gasteiger charge is 2.21. The minimum atomic E-state index is -1.63. The van der Waals surface area contributed by atoms with Crippen molar-refractivity contribution in [3.8, 4) is 0 Å². The van der Waals surface area contributed by atoms with Gasteiger partial charge in [0, 0.05) is 12.8 Å². The van der Waals surface area contributed by atoms with Crippen molar-refractivity contribution in [2.75, 3.05) is 47.5 Å². The van der Waals surface area contributed by atoms with E-state index in [0.717, 1.165) is 116 Å². The third-order valence-corrected chi connectivity index (χ3v) is 10.8. The Morgan fingerprint density at radius 2 is 0.851 bits per heavy atom. The number of unbranched alkanes of at least 4 members (excludes halogenated alkanes) is 16. The summed E-state index contributed by atoms with van der Waals surface area (Å²) in [5, 5.41) is 11.7. The van der Waals surface area contributed by atoms with Gasteiger partial charge in [0.05, 0.1) is 40.3 Å². The molecule has 0 aromatic heterocycles. The molecule has 0 aliphatic rings. The molecule has 0 aromatic rings. The number of hydrogen-bond acceptors (Lipinski definition) is 8. The molecule has 0 aliphatic heterocycles. The average Bonchev–Trinajstić information content (AvgIpc) is 3.29. The van der Waals surface area contributed by atoms with E-state index in [9.17, 15) is 19.5 Å². The Labute approximate surface area is 410 Å². The van der Waals surface area contributed by atoms with Crippen LogP contribution in [0.15, 0.2) is 97.2 Å². The lowest BCUT2D eigenvalue weighted by atomic mass is 10.0. The third kappa shape index (κ3) is 49.9. The van der Waals surface area contributed by atoms with E-state index in [1.54, 1.807) is 0 Å².